The molecular formula is C35H37N9O. The standard InChI is InChI=1S/C35H37N9O/c36-32-27(2-1-16-37-32)33-39-30-11-12-31(43-19-15-28(41-43)21-3-4-21)40-34(30)44(33)25-8-9-26-23(20-25)7-10-29(26)38-24-13-17-42(18-14-24)35(45)22-5-6-22/h1-2,8-9,11-12,15-16,19-22,24,29,38H,3-7,10,13-14,17-18H2,(H2,36,37). The Morgan fingerprint density at radius 2 is 1.80 bits per heavy atom. The summed E-state index contributed by atoms with van der Waals surface area (Å²) in [4.78, 5) is 29.1. The lowest BCUT2D eigenvalue weighted by atomic mass is 10.0. The normalized spacial score (nSPS) is 20.2. The third-order valence-corrected chi connectivity index (χ3v) is 10.0. The van der Waals surface area contributed by atoms with Crippen molar-refractivity contribution in [2.45, 2.75) is 69.4 Å². The maximum absolute atomic E-state index is 12.5. The molecule has 1 aromatic carbocycles. The highest BCUT2D eigenvalue weighted by Gasteiger charge is 2.36. The van der Waals surface area contributed by atoms with Gasteiger partial charge < -0.3 is 16.0 Å². The number of pyridine rings is 2. The number of fused-ring (bicyclic) bond motifs is 2. The predicted octanol–water partition coefficient (Wildman–Crippen LogP) is 5.11. The van der Waals surface area contributed by atoms with Gasteiger partial charge in [0.1, 0.15) is 11.3 Å². The molecule has 1 aliphatic heterocycles. The summed E-state index contributed by atoms with van der Waals surface area (Å²) in [5.41, 5.74) is 13.6. The molecule has 1 amide bonds. The highest BCUT2D eigenvalue weighted by molar-refractivity contribution is 5.83. The summed E-state index contributed by atoms with van der Waals surface area (Å²) >= 11 is 0. The Balaban J connectivity index is 1.04. The van der Waals surface area contributed by atoms with Gasteiger partial charge in [-0.2, -0.15) is 5.10 Å². The molecule has 2 saturated carbocycles. The Morgan fingerprint density at radius 3 is 2.60 bits per heavy atom. The Kier molecular flexibility index (Phi) is 6.26. The van der Waals surface area contributed by atoms with Crippen LogP contribution in [0.2, 0.25) is 0 Å². The maximum Gasteiger partial charge on any atom is 0.225 e. The van der Waals surface area contributed by atoms with Crippen molar-refractivity contribution < 1.29 is 4.79 Å². The number of hydrogen-bond acceptors (Lipinski definition) is 7. The molecule has 3 fully saturated rings. The number of hydrogen-bond donors (Lipinski definition) is 2. The van der Waals surface area contributed by atoms with Gasteiger partial charge >= 0.3 is 0 Å². The molecule has 3 N–H and O–H groups in total. The summed E-state index contributed by atoms with van der Waals surface area (Å²) in [6.45, 7) is 1.74. The number of anilines is 1. The minimum Gasteiger partial charge on any atom is -0.383 e. The number of amides is 1. The van der Waals surface area contributed by atoms with E-state index in [0.29, 0.717) is 35.6 Å². The van der Waals surface area contributed by atoms with E-state index in [1.165, 1.54) is 24.0 Å². The van der Waals surface area contributed by atoms with Crippen molar-refractivity contribution in [3.8, 4) is 22.9 Å². The lowest BCUT2D eigenvalue weighted by Gasteiger charge is -2.34. The summed E-state index contributed by atoms with van der Waals surface area (Å²) in [5.74, 6) is 3.18. The molecule has 1 unspecified atom stereocenters. The molecule has 0 spiro atoms. The number of rotatable bonds is 7. The van der Waals surface area contributed by atoms with Gasteiger partial charge in [-0.1, -0.05) is 6.07 Å². The fourth-order valence-electron chi connectivity index (χ4n) is 7.22. The molecule has 4 aliphatic rings. The summed E-state index contributed by atoms with van der Waals surface area (Å²) in [5, 5.41) is 8.77. The molecule has 1 saturated heterocycles. The van der Waals surface area contributed by atoms with Crippen molar-refractivity contribution >= 4 is 22.9 Å². The van der Waals surface area contributed by atoms with Crippen molar-refractivity contribution in [3.05, 3.63) is 77.7 Å². The topological polar surface area (TPSA) is 120 Å². The Bertz CT molecular complexity index is 1930. The molecule has 5 heterocycles. The van der Waals surface area contributed by atoms with E-state index < -0.39 is 0 Å². The Hall–Kier alpha value is -4.57. The van der Waals surface area contributed by atoms with E-state index in [1.54, 1.807) is 6.20 Å². The number of nitrogens with zero attached hydrogens (tertiary/aromatic N) is 7. The van der Waals surface area contributed by atoms with Crippen LogP contribution in [0.4, 0.5) is 5.82 Å². The van der Waals surface area contributed by atoms with Crippen LogP contribution in [0.1, 0.15) is 73.7 Å². The first-order valence-electron chi connectivity index (χ1n) is 16.4. The molecule has 45 heavy (non-hydrogen) atoms. The molecule has 9 rings (SSSR count). The fraction of sp³-hybridized carbons (Fsp3) is 0.400. The van der Waals surface area contributed by atoms with E-state index in [2.05, 4.69) is 44.0 Å². The van der Waals surface area contributed by atoms with Gasteiger partial charge in [-0.05, 0) is 105 Å². The van der Waals surface area contributed by atoms with Gasteiger partial charge in [0.2, 0.25) is 5.91 Å². The van der Waals surface area contributed by atoms with Gasteiger partial charge in [0, 0.05) is 55.1 Å². The average molecular weight is 600 g/mol. The highest BCUT2D eigenvalue weighted by Crippen LogP contribution is 2.40. The summed E-state index contributed by atoms with van der Waals surface area (Å²) in [6.07, 6.45) is 12.4. The zero-order chi connectivity index (χ0) is 30.1. The molecule has 5 aromatic rings. The Labute approximate surface area is 261 Å². The largest absolute Gasteiger partial charge is 0.383 e. The van der Waals surface area contributed by atoms with E-state index >= 15 is 0 Å². The van der Waals surface area contributed by atoms with Gasteiger partial charge in [0.05, 0.1) is 11.3 Å². The molecule has 3 aliphatic carbocycles. The lowest BCUT2D eigenvalue weighted by Crippen LogP contribution is -2.46. The lowest BCUT2D eigenvalue weighted by molar-refractivity contribution is -0.133. The first kappa shape index (κ1) is 26.8. The summed E-state index contributed by atoms with van der Waals surface area (Å²) in [7, 11) is 0. The Morgan fingerprint density at radius 1 is 0.933 bits per heavy atom. The quantitative estimate of drug-likeness (QED) is 0.267. The summed E-state index contributed by atoms with van der Waals surface area (Å²) in [6, 6.07) is 17.4. The predicted molar refractivity (Wildman–Crippen MR) is 172 cm³/mol. The smallest absolute Gasteiger partial charge is 0.225 e. The number of piperidine rings is 1. The van der Waals surface area contributed by atoms with Gasteiger partial charge in [-0.15, -0.1) is 0 Å². The summed E-state index contributed by atoms with van der Waals surface area (Å²) < 4.78 is 3.99. The van der Waals surface area contributed by atoms with Gasteiger partial charge in [-0.25, -0.2) is 19.6 Å². The zero-order valence-electron chi connectivity index (χ0n) is 25.3. The maximum atomic E-state index is 12.5. The monoisotopic (exact) mass is 599 g/mol. The molecule has 0 bridgehead atoms. The van der Waals surface area contributed by atoms with Crippen molar-refractivity contribution in [3.63, 3.8) is 0 Å². The van der Waals surface area contributed by atoms with Gasteiger partial charge in [-0.3, -0.25) is 9.36 Å². The van der Waals surface area contributed by atoms with E-state index in [4.69, 9.17) is 20.8 Å². The highest BCUT2D eigenvalue weighted by atomic mass is 16.2. The molecule has 10 nitrogen and oxygen atoms in total. The molecular weight excluding hydrogens is 562 g/mol. The number of nitrogen functional groups attached to an aromatic ring is 1. The minimum absolute atomic E-state index is 0.306. The number of aromatic nitrogens is 6. The van der Waals surface area contributed by atoms with Crippen LogP contribution in [0.15, 0.2) is 60.9 Å². The van der Waals surface area contributed by atoms with E-state index in [-0.39, 0.29) is 0 Å². The van der Waals surface area contributed by atoms with Crippen LogP contribution in [0.3, 0.4) is 0 Å². The van der Waals surface area contributed by atoms with Crippen molar-refractivity contribution in [1.82, 2.24) is 39.5 Å². The second-order valence-corrected chi connectivity index (χ2v) is 13.2. The van der Waals surface area contributed by atoms with Crippen LogP contribution in [-0.4, -0.2) is 59.2 Å². The van der Waals surface area contributed by atoms with Crippen LogP contribution in [-0.2, 0) is 11.2 Å². The third-order valence-electron chi connectivity index (χ3n) is 10.0. The molecule has 228 valence electrons. The molecule has 4 aromatic heterocycles. The minimum atomic E-state index is 0.306. The number of imidazole rings is 1. The third kappa shape index (κ3) is 4.88. The second kappa shape index (κ2) is 10.5. The molecule has 1 atom stereocenters. The van der Waals surface area contributed by atoms with Gasteiger partial charge in [0.15, 0.2) is 17.3 Å². The number of nitrogens with one attached hydrogen (secondary N) is 1. The first-order chi connectivity index (χ1) is 22.1. The zero-order valence-corrected chi connectivity index (χ0v) is 25.3. The van der Waals surface area contributed by atoms with E-state index in [9.17, 15) is 4.79 Å². The average Bonchev–Trinajstić information content (AvgIpc) is 3.98. The van der Waals surface area contributed by atoms with Gasteiger partial charge in [0.25, 0.3) is 0 Å². The van der Waals surface area contributed by atoms with Crippen LogP contribution < -0.4 is 11.1 Å². The number of carbonyl (C=O) groups excluding carboxylic acids is 1. The van der Waals surface area contributed by atoms with Crippen molar-refractivity contribution in [1.29, 1.82) is 0 Å². The molecule has 10 heteroatoms. The number of benzene rings is 1. The van der Waals surface area contributed by atoms with Crippen LogP contribution in [0, 0.1) is 5.92 Å². The number of likely N-dealkylation sites (tertiary alicyclic amines) is 1. The second-order valence-electron chi connectivity index (χ2n) is 13.2. The van der Waals surface area contributed by atoms with E-state index in [1.807, 2.05) is 35.1 Å². The SMILES string of the molecule is Nc1ncccc1-c1nc2ccc(-n3ccc(C4CC4)n3)nc2n1-c1ccc2c(c1)CCC2NC1CCN(C(=O)C2CC2)CC1. The first-order valence-corrected chi connectivity index (χ1v) is 16.4. The van der Waals surface area contributed by atoms with Crippen molar-refractivity contribution in [2.24, 2.45) is 5.92 Å². The van der Waals surface area contributed by atoms with Crippen LogP contribution in [0.25, 0.3) is 34.1 Å². The number of aryl methyl sites for hydroxylation is 1. The van der Waals surface area contributed by atoms with E-state index in [0.717, 1.165) is 91.4 Å². The number of carbonyl (C=O) groups is 1. The van der Waals surface area contributed by atoms with Crippen LogP contribution >= 0.6 is 0 Å². The van der Waals surface area contributed by atoms with Crippen LogP contribution in [0.5, 0.6) is 0 Å². The molecule has 0 radical (unpaired) electrons. The van der Waals surface area contributed by atoms with Crippen molar-refractivity contribution in [2.75, 3.05) is 18.8 Å². The fourth-order valence-corrected chi connectivity index (χ4v) is 7.22. The number of nitrogens with two attached hydrogens (primary N) is 1.